The molecule has 2 fully saturated rings. The van der Waals surface area contributed by atoms with Gasteiger partial charge in [0.05, 0.1) is 0 Å². The van der Waals surface area contributed by atoms with Gasteiger partial charge < -0.3 is 0 Å². The molecule has 0 bridgehead atoms. The van der Waals surface area contributed by atoms with Crippen molar-refractivity contribution >= 4 is 44.6 Å². The van der Waals surface area contributed by atoms with Crippen LogP contribution in [0.15, 0.2) is 0 Å². The summed E-state index contributed by atoms with van der Waals surface area (Å²) in [4.78, 5) is 0. The van der Waals surface area contributed by atoms with E-state index in [1.54, 1.807) is 0 Å². The molecule has 0 amide bonds. The van der Waals surface area contributed by atoms with Gasteiger partial charge in [-0.15, -0.1) is 0 Å². The van der Waals surface area contributed by atoms with E-state index in [4.69, 9.17) is 55.8 Å². The Labute approximate surface area is 340 Å². The van der Waals surface area contributed by atoms with Gasteiger partial charge in [0.2, 0.25) is 0 Å². The molecule has 12 nitrogen and oxygen atoms in total. The average molecular weight is 1260 g/mol. The second-order valence-electron chi connectivity index (χ2n) is 2.33. The van der Waals surface area contributed by atoms with Crippen molar-refractivity contribution in [2.75, 3.05) is 0 Å². The molecule has 44 heavy (non-hydrogen) atoms. The monoisotopic (exact) mass is 1260 g/mol. The van der Waals surface area contributed by atoms with Crippen molar-refractivity contribution in [3.63, 3.8) is 0 Å². The Hall–Kier alpha value is 0.875. The standard InChI is InChI=1S/2C5H5.2C2H4Te.12CO.2Fe.2W/c2*1-2-4-5-3-1;2*1-2-3;12*1-2;;;;/h2*1-5H;2*1-2H2;;;;;;;;;;;;;;;;/q;;2*-1;;;;;;;;;;;;;;;;. The quantitative estimate of drug-likeness (QED) is 0.193. The molecule has 0 aliphatic heterocycles. The van der Waals surface area contributed by atoms with Crippen molar-refractivity contribution < 1.29 is 132 Å². The predicted octanol–water partition coefficient (Wildman–Crippen LogP) is 2.40. The third kappa shape index (κ3) is 636. The Balaban J connectivity index is -0.0000000104. The van der Waals surface area contributed by atoms with Gasteiger partial charge in [0.1, 0.15) is 0 Å². The Morgan fingerprint density at radius 1 is 0.295 bits per heavy atom. The molecule has 0 atom stereocenters. The second-order valence-corrected chi connectivity index (χ2v) is 4.66. The van der Waals surface area contributed by atoms with Crippen LogP contribution in [0.5, 0.6) is 0 Å². The summed E-state index contributed by atoms with van der Waals surface area (Å²) in [6.07, 6.45) is 20.0. The maximum atomic E-state index is 7.50. The first-order chi connectivity index (χ1) is 19.8. The zero-order valence-corrected chi connectivity index (χ0v) is 34.6. The van der Waals surface area contributed by atoms with Crippen LogP contribution in [0.4, 0.5) is 0 Å². The van der Waals surface area contributed by atoms with E-state index in [9.17, 15) is 0 Å². The van der Waals surface area contributed by atoms with E-state index in [0.29, 0.717) is 0 Å². The molecule has 0 aromatic rings. The van der Waals surface area contributed by atoms with Crippen molar-refractivity contribution in [1.29, 1.82) is 0 Å². The van der Waals surface area contributed by atoms with Crippen LogP contribution in [-0.4, -0.2) is 44.6 Å². The summed E-state index contributed by atoms with van der Waals surface area (Å²) in [6, 6.07) is 0. The van der Waals surface area contributed by atoms with Gasteiger partial charge in [-0.3, -0.25) is 0 Å². The van der Waals surface area contributed by atoms with Crippen LogP contribution in [0.25, 0.3) is 0 Å². The number of rotatable bonds is 0. The van der Waals surface area contributed by atoms with E-state index in [0.717, 1.165) is 8.94 Å². The molecule has 0 spiro atoms. The molecular formula is C26H18Fe2O12Te2W2-2. The van der Waals surface area contributed by atoms with E-state index in [2.05, 4.69) is 93.7 Å². The summed E-state index contributed by atoms with van der Waals surface area (Å²) in [5.41, 5.74) is 0. The molecule has 0 aromatic heterocycles. The minimum absolute atomic E-state index is 0. The third-order valence-corrected chi connectivity index (χ3v) is 1.11. The first-order valence-electron chi connectivity index (χ1n) is 7.36. The van der Waals surface area contributed by atoms with Gasteiger partial charge in [-0.05, 0) is 64.2 Å². The second kappa shape index (κ2) is 487. The van der Waals surface area contributed by atoms with Gasteiger partial charge in [0.25, 0.3) is 0 Å². The molecule has 0 saturated heterocycles. The summed E-state index contributed by atoms with van der Waals surface area (Å²) < 4.78 is 92.0. The SMILES string of the molecule is [C-]#[O+].[C-]#[O+].[C-]#[O+].[C-]#[O+].[C-]#[O+].[C-]#[O+].[C-]#[O+].[C-]#[O+].[C-]#[O+].[C-]#[O+].[C-]#[O+].[C-]#[O+].[CH2-]C[Te].[CH2-]C[Te].[CH]1[CH][CH][CH][CH]1.[CH]1[CH][CH][CH][CH]1.[Fe].[Fe].[W].[W]. The van der Waals surface area contributed by atoms with Crippen LogP contribution in [0.1, 0.15) is 0 Å². The summed E-state index contributed by atoms with van der Waals surface area (Å²) in [5.74, 6) is 0. The van der Waals surface area contributed by atoms with E-state index in [-0.39, 0.29) is 76.3 Å². The van der Waals surface area contributed by atoms with Gasteiger partial charge in [-0.25, -0.2) is 0 Å². The molecule has 236 valence electrons. The molecule has 2 aliphatic rings. The summed E-state index contributed by atoms with van der Waals surface area (Å²) >= 11 is 3.92. The van der Waals surface area contributed by atoms with Gasteiger partial charge in [-0.1, -0.05) is 0 Å². The summed E-state index contributed by atoms with van der Waals surface area (Å²) in [7, 11) is 0. The zero-order chi connectivity index (χ0) is 36.5. The Morgan fingerprint density at radius 2 is 0.318 bits per heavy atom. The molecule has 18 heteroatoms. The predicted molar refractivity (Wildman–Crippen MR) is 122 cm³/mol. The Kier molecular flexibility index (Phi) is 1320. The van der Waals surface area contributed by atoms with Crippen molar-refractivity contribution in [2.24, 2.45) is 0 Å². The summed E-state index contributed by atoms with van der Waals surface area (Å²) in [6.45, 7) is 61.0. The normalized spacial score (nSPS) is 6.82. The van der Waals surface area contributed by atoms with Crippen molar-refractivity contribution in [1.82, 2.24) is 0 Å². The maximum absolute atomic E-state index is 7.50. The average Bonchev–Trinajstić information content (AvgIpc) is 3.90. The third-order valence-electron chi connectivity index (χ3n) is 1.11. The van der Waals surface area contributed by atoms with Crippen LogP contribution < -0.4 is 0 Å². The maximum Gasteiger partial charge on any atom is 0 e. The molecular weight excluding hydrogens is 1240 g/mol. The van der Waals surface area contributed by atoms with Crippen molar-refractivity contribution in [2.45, 2.75) is 8.94 Å². The van der Waals surface area contributed by atoms with Gasteiger partial charge in [0.15, 0.2) is 0 Å². The molecule has 0 aromatic carbocycles. The number of hydrogen-bond donors (Lipinski definition) is 0. The minimum atomic E-state index is 0. The van der Waals surface area contributed by atoms with Crippen LogP contribution >= 0.6 is 0 Å². The van der Waals surface area contributed by atoms with Crippen LogP contribution in [0.3, 0.4) is 0 Å². The van der Waals surface area contributed by atoms with E-state index < -0.39 is 0 Å². The molecule has 12 radical (unpaired) electrons. The fraction of sp³-hybridized carbons (Fsp3) is 0.0769. The van der Waals surface area contributed by atoms with Gasteiger partial charge in [0, 0.05) is 76.3 Å². The van der Waals surface area contributed by atoms with Crippen LogP contribution in [0, 0.1) is 158 Å². The molecule has 0 heterocycles. The first-order valence-corrected chi connectivity index (χ1v) is 10.7. The van der Waals surface area contributed by atoms with E-state index in [1.807, 2.05) is 109 Å². The van der Waals surface area contributed by atoms with Crippen molar-refractivity contribution in [3.05, 3.63) is 158 Å². The van der Waals surface area contributed by atoms with Gasteiger partial charge in [-0.2, -0.15) is 0 Å². The van der Waals surface area contributed by atoms with E-state index >= 15 is 0 Å². The van der Waals surface area contributed by atoms with Crippen LogP contribution in [-0.2, 0) is 132 Å². The Bertz CT molecular complexity index is 384. The minimum Gasteiger partial charge on any atom is -0.0312 e. The zero-order valence-electron chi connectivity index (χ0n) is 21.8. The molecule has 2 aliphatic carbocycles. The molecule has 2 rings (SSSR count). The molecule has 0 unspecified atom stereocenters. The first kappa shape index (κ1) is 120. The topological polar surface area (TPSA) is 239 Å². The largest absolute Gasteiger partial charge is 0.0312 e. The summed E-state index contributed by atoms with van der Waals surface area (Å²) in [5, 5.41) is 0. The fourth-order valence-corrected chi connectivity index (χ4v) is 0.642. The number of hydrogen-bond acceptors (Lipinski definition) is 0. The Morgan fingerprint density at radius 3 is 0.341 bits per heavy atom. The van der Waals surface area contributed by atoms with E-state index in [1.165, 1.54) is 0 Å². The van der Waals surface area contributed by atoms with Crippen molar-refractivity contribution in [3.8, 4) is 0 Å². The van der Waals surface area contributed by atoms with Gasteiger partial charge >= 0.3 is 203 Å². The molecule has 0 N–H and O–H groups in total. The fourth-order valence-electron chi connectivity index (χ4n) is 0.642. The molecule has 2 saturated carbocycles. The smallest absolute Gasteiger partial charge is 0 e. The van der Waals surface area contributed by atoms with Crippen LogP contribution in [0.2, 0.25) is 8.94 Å².